The van der Waals surface area contributed by atoms with Gasteiger partial charge in [0.05, 0.1) is 0 Å². The van der Waals surface area contributed by atoms with E-state index in [9.17, 15) is 0 Å². The maximum Gasteiger partial charge on any atom is -0.00468 e. The van der Waals surface area contributed by atoms with E-state index in [1.807, 2.05) is 0 Å². The van der Waals surface area contributed by atoms with Crippen LogP contribution in [0.25, 0.3) is 0 Å². The van der Waals surface area contributed by atoms with Gasteiger partial charge in [-0.1, -0.05) is 24.3 Å². The predicted octanol–water partition coefficient (Wildman–Crippen LogP) is 1.47. The summed E-state index contributed by atoms with van der Waals surface area (Å²) < 4.78 is 0. The Morgan fingerprint density at radius 1 is 1.22 bits per heavy atom. The van der Waals surface area contributed by atoms with Gasteiger partial charge in [0.2, 0.25) is 0 Å². The highest BCUT2D eigenvalue weighted by molar-refractivity contribution is 5.17. The fraction of sp³-hybridized carbons (Fsp3) is 0.500. The Morgan fingerprint density at radius 2 is 1.89 bits per heavy atom. The molecule has 0 atom stereocenters. The lowest BCUT2D eigenvalue weighted by molar-refractivity contribution is 0.667. The van der Waals surface area contributed by atoms with E-state index in [-0.39, 0.29) is 0 Å². The Hall–Kier alpha value is -0.560. The molecule has 0 bridgehead atoms. The van der Waals surface area contributed by atoms with Crippen molar-refractivity contribution < 1.29 is 0 Å². The molecule has 0 saturated heterocycles. The zero-order chi connectivity index (χ0) is 6.53. The van der Waals surface area contributed by atoms with Crippen LogP contribution in [0.4, 0.5) is 0 Å². The molecule has 50 valence electrons. The molecule has 0 fully saturated rings. The predicted molar refractivity (Wildman–Crippen MR) is 40.1 cm³/mol. The zero-order valence-corrected chi connectivity index (χ0v) is 5.59. The quantitative estimate of drug-likeness (QED) is 0.604. The number of nitrogens with two attached hydrogens (primary N) is 1. The normalized spacial score (nSPS) is 17.4. The van der Waals surface area contributed by atoms with Crippen LogP contribution in [0, 0.1) is 5.92 Å². The first-order chi connectivity index (χ1) is 4.43. The third-order valence-corrected chi connectivity index (χ3v) is 1.57. The second kappa shape index (κ2) is 3.46. The van der Waals surface area contributed by atoms with E-state index in [0.717, 1.165) is 13.0 Å². The third kappa shape index (κ3) is 2.02. The van der Waals surface area contributed by atoms with Gasteiger partial charge in [-0.15, -0.1) is 0 Å². The van der Waals surface area contributed by atoms with Crippen LogP contribution in [-0.2, 0) is 0 Å². The summed E-state index contributed by atoms with van der Waals surface area (Å²) in [7, 11) is 0. The summed E-state index contributed by atoms with van der Waals surface area (Å²) in [6, 6.07) is 0. The van der Waals surface area contributed by atoms with Crippen molar-refractivity contribution in [3.05, 3.63) is 24.3 Å². The molecular formula is C8H13N. The summed E-state index contributed by atoms with van der Waals surface area (Å²) >= 11 is 0. The Kier molecular flexibility index (Phi) is 2.52. The molecule has 0 aromatic rings. The molecule has 0 unspecified atom stereocenters. The van der Waals surface area contributed by atoms with Gasteiger partial charge in [0, 0.05) is 0 Å². The summed E-state index contributed by atoms with van der Waals surface area (Å²) in [6.07, 6.45) is 11.0. The van der Waals surface area contributed by atoms with E-state index in [4.69, 9.17) is 5.73 Å². The molecule has 9 heavy (non-hydrogen) atoms. The van der Waals surface area contributed by atoms with Gasteiger partial charge in [-0.25, -0.2) is 0 Å². The van der Waals surface area contributed by atoms with Crippen LogP contribution in [0.3, 0.4) is 0 Å². The van der Waals surface area contributed by atoms with Crippen molar-refractivity contribution in [2.75, 3.05) is 6.54 Å². The number of allylic oxidation sites excluding steroid dienone is 4. The van der Waals surface area contributed by atoms with Crippen molar-refractivity contribution in [2.45, 2.75) is 12.8 Å². The number of hydrogen-bond donors (Lipinski definition) is 1. The van der Waals surface area contributed by atoms with E-state index in [1.165, 1.54) is 6.42 Å². The van der Waals surface area contributed by atoms with E-state index < -0.39 is 0 Å². The van der Waals surface area contributed by atoms with E-state index in [1.54, 1.807) is 0 Å². The first-order valence-corrected chi connectivity index (χ1v) is 3.48. The molecule has 0 amide bonds. The average molecular weight is 123 g/mol. The van der Waals surface area contributed by atoms with E-state index >= 15 is 0 Å². The molecule has 0 aromatic carbocycles. The highest BCUT2D eigenvalue weighted by atomic mass is 14.5. The van der Waals surface area contributed by atoms with Crippen molar-refractivity contribution >= 4 is 0 Å². The van der Waals surface area contributed by atoms with Gasteiger partial charge < -0.3 is 5.73 Å². The molecule has 0 heterocycles. The van der Waals surface area contributed by atoms with E-state index in [2.05, 4.69) is 24.3 Å². The molecule has 0 saturated carbocycles. The smallest absolute Gasteiger partial charge is 0.00468 e. The van der Waals surface area contributed by atoms with Crippen LogP contribution < -0.4 is 5.73 Å². The Labute approximate surface area is 56.2 Å². The molecule has 1 rings (SSSR count). The third-order valence-electron chi connectivity index (χ3n) is 1.57. The fourth-order valence-corrected chi connectivity index (χ4v) is 1.02. The van der Waals surface area contributed by atoms with Gasteiger partial charge in [-0.2, -0.15) is 0 Å². The topological polar surface area (TPSA) is 26.0 Å². The van der Waals surface area contributed by atoms with Gasteiger partial charge >= 0.3 is 0 Å². The molecule has 1 heteroatoms. The zero-order valence-electron chi connectivity index (χ0n) is 5.59. The van der Waals surface area contributed by atoms with Crippen LogP contribution in [0.2, 0.25) is 0 Å². The lowest BCUT2D eigenvalue weighted by Crippen LogP contribution is -2.00. The monoisotopic (exact) mass is 123 g/mol. The number of rotatable bonds is 3. The highest BCUT2D eigenvalue weighted by Gasteiger charge is 2.00. The number of hydrogen-bond acceptors (Lipinski definition) is 1. The molecule has 0 radical (unpaired) electrons. The molecule has 0 spiro atoms. The van der Waals surface area contributed by atoms with Crippen molar-refractivity contribution in [3.8, 4) is 0 Å². The largest absolute Gasteiger partial charge is 0.330 e. The fourth-order valence-electron chi connectivity index (χ4n) is 1.02. The second-order valence-electron chi connectivity index (χ2n) is 2.36. The summed E-state index contributed by atoms with van der Waals surface area (Å²) in [4.78, 5) is 0. The van der Waals surface area contributed by atoms with Crippen LogP contribution in [-0.4, -0.2) is 6.54 Å². The molecule has 0 aromatic heterocycles. The minimum atomic E-state index is 0.675. The Bertz CT molecular complexity index is 113. The molecule has 0 aliphatic heterocycles. The Balaban J connectivity index is 2.13. The van der Waals surface area contributed by atoms with Crippen molar-refractivity contribution in [3.63, 3.8) is 0 Å². The summed E-state index contributed by atoms with van der Waals surface area (Å²) in [6.45, 7) is 0.818. The average Bonchev–Trinajstić information content (AvgIpc) is 2.34. The lowest BCUT2D eigenvalue weighted by Gasteiger charge is -2.00. The SMILES string of the molecule is NCCCC1C=CC=C1. The summed E-state index contributed by atoms with van der Waals surface area (Å²) in [5, 5.41) is 0. The van der Waals surface area contributed by atoms with Crippen LogP contribution in [0.1, 0.15) is 12.8 Å². The van der Waals surface area contributed by atoms with Crippen LogP contribution in [0.5, 0.6) is 0 Å². The van der Waals surface area contributed by atoms with Crippen molar-refractivity contribution in [1.82, 2.24) is 0 Å². The summed E-state index contributed by atoms with van der Waals surface area (Å²) in [5.41, 5.74) is 5.36. The van der Waals surface area contributed by atoms with Crippen molar-refractivity contribution in [2.24, 2.45) is 11.7 Å². The summed E-state index contributed by atoms with van der Waals surface area (Å²) in [5.74, 6) is 0.675. The van der Waals surface area contributed by atoms with Gasteiger partial charge in [0.1, 0.15) is 0 Å². The first kappa shape index (κ1) is 6.56. The van der Waals surface area contributed by atoms with Crippen LogP contribution in [0.15, 0.2) is 24.3 Å². The van der Waals surface area contributed by atoms with Gasteiger partial charge in [0.15, 0.2) is 0 Å². The van der Waals surface area contributed by atoms with E-state index in [0.29, 0.717) is 5.92 Å². The van der Waals surface area contributed by atoms with Gasteiger partial charge in [0.25, 0.3) is 0 Å². The van der Waals surface area contributed by atoms with Crippen LogP contribution >= 0.6 is 0 Å². The molecular weight excluding hydrogens is 110 g/mol. The van der Waals surface area contributed by atoms with Gasteiger partial charge in [-0.3, -0.25) is 0 Å². The Morgan fingerprint density at radius 3 is 2.44 bits per heavy atom. The van der Waals surface area contributed by atoms with Gasteiger partial charge in [-0.05, 0) is 25.3 Å². The molecule has 2 N–H and O–H groups in total. The molecule has 1 nitrogen and oxygen atoms in total. The maximum atomic E-state index is 5.36. The first-order valence-electron chi connectivity index (χ1n) is 3.48. The maximum absolute atomic E-state index is 5.36. The standard InChI is InChI=1S/C8H13N/c9-7-3-6-8-4-1-2-5-8/h1-2,4-5,8H,3,6-7,9H2. The van der Waals surface area contributed by atoms with Crippen molar-refractivity contribution in [1.29, 1.82) is 0 Å². The molecule has 1 aliphatic rings. The lowest BCUT2D eigenvalue weighted by atomic mass is 10.1. The second-order valence-corrected chi connectivity index (χ2v) is 2.36. The highest BCUT2D eigenvalue weighted by Crippen LogP contribution is 2.13. The molecule has 1 aliphatic carbocycles. The minimum absolute atomic E-state index is 0.675. The minimum Gasteiger partial charge on any atom is -0.330 e.